The van der Waals surface area contributed by atoms with Crippen LogP contribution < -0.4 is 15.8 Å². The van der Waals surface area contributed by atoms with Gasteiger partial charge in [0, 0.05) is 38.0 Å². The first-order valence-corrected chi connectivity index (χ1v) is 9.66. The number of hydrogen-bond donors (Lipinski definition) is 2. The molecule has 3 aromatic heterocycles. The molecule has 1 saturated heterocycles. The molecule has 0 bridgehead atoms. The number of fused-ring (bicyclic) bond motifs is 1. The summed E-state index contributed by atoms with van der Waals surface area (Å²) >= 11 is 0. The molecule has 0 aromatic carbocycles. The third-order valence-corrected chi connectivity index (χ3v) is 5.23. The maximum atomic E-state index is 12.7. The number of carbonyl (C=O) groups is 2. The zero-order valence-electron chi connectivity index (χ0n) is 17.1. The first kappa shape index (κ1) is 19.6. The molecule has 4 rings (SSSR count). The molecule has 1 fully saturated rings. The predicted octanol–water partition coefficient (Wildman–Crippen LogP) is 0.243. The minimum absolute atomic E-state index is 0.0160. The average molecular weight is 409 g/mol. The van der Waals surface area contributed by atoms with Gasteiger partial charge in [-0.2, -0.15) is 5.10 Å². The van der Waals surface area contributed by atoms with Crippen molar-refractivity contribution in [1.29, 1.82) is 0 Å². The van der Waals surface area contributed by atoms with E-state index < -0.39 is 0 Å². The normalized spacial score (nSPS) is 14.4. The van der Waals surface area contributed by atoms with Crippen molar-refractivity contribution >= 4 is 23.1 Å². The summed E-state index contributed by atoms with van der Waals surface area (Å²) in [6.45, 7) is 5.35. The van der Waals surface area contributed by atoms with E-state index in [9.17, 15) is 14.4 Å². The molecule has 0 radical (unpaired) electrons. The van der Waals surface area contributed by atoms with Gasteiger partial charge in [-0.3, -0.25) is 14.4 Å². The first-order valence-electron chi connectivity index (χ1n) is 9.66. The number of carbonyl (C=O) groups excluding carboxylic acids is 2. The predicted molar refractivity (Wildman–Crippen MR) is 111 cm³/mol. The molecule has 4 heterocycles. The molecule has 2 N–H and O–H groups in total. The Kier molecular flexibility index (Phi) is 4.98. The van der Waals surface area contributed by atoms with Crippen molar-refractivity contribution in [2.45, 2.75) is 20.4 Å². The lowest BCUT2D eigenvalue weighted by atomic mass is 10.2. The fraction of sp³-hybridized carbons (Fsp3) is 0.350. The van der Waals surface area contributed by atoms with E-state index in [4.69, 9.17) is 0 Å². The van der Waals surface area contributed by atoms with Crippen LogP contribution in [0.1, 0.15) is 27.4 Å². The number of amides is 2. The van der Waals surface area contributed by atoms with Gasteiger partial charge in [-0.1, -0.05) is 0 Å². The Balaban J connectivity index is 1.46. The lowest BCUT2D eigenvalue weighted by Gasteiger charge is -2.35. The number of nitrogens with one attached hydrogen (secondary N) is 2. The highest BCUT2D eigenvalue weighted by molar-refractivity contribution is 5.92. The van der Waals surface area contributed by atoms with Crippen LogP contribution in [0.3, 0.4) is 0 Å². The van der Waals surface area contributed by atoms with E-state index in [1.165, 1.54) is 0 Å². The van der Waals surface area contributed by atoms with Gasteiger partial charge < -0.3 is 20.1 Å². The number of aromatic nitrogens is 4. The molecule has 0 aliphatic carbocycles. The fourth-order valence-corrected chi connectivity index (χ4v) is 3.59. The van der Waals surface area contributed by atoms with Crippen molar-refractivity contribution in [2.24, 2.45) is 0 Å². The molecule has 0 unspecified atom stereocenters. The zero-order chi connectivity index (χ0) is 21.4. The fourth-order valence-electron chi connectivity index (χ4n) is 3.59. The Bertz CT molecular complexity index is 1200. The van der Waals surface area contributed by atoms with Gasteiger partial charge in [0.15, 0.2) is 0 Å². The molecule has 1 aliphatic heterocycles. The zero-order valence-corrected chi connectivity index (χ0v) is 17.1. The van der Waals surface area contributed by atoms with Crippen LogP contribution in [0.4, 0.5) is 5.69 Å². The van der Waals surface area contributed by atoms with Gasteiger partial charge in [0.2, 0.25) is 5.91 Å². The summed E-state index contributed by atoms with van der Waals surface area (Å²) in [7, 11) is 1.56. The second-order valence-corrected chi connectivity index (χ2v) is 7.35. The second kappa shape index (κ2) is 7.62. The second-order valence-electron chi connectivity index (χ2n) is 7.35. The summed E-state index contributed by atoms with van der Waals surface area (Å²) in [5, 5.41) is 7.02. The number of anilines is 1. The average Bonchev–Trinajstić information content (AvgIpc) is 3.10. The highest BCUT2D eigenvalue weighted by Gasteiger charge is 2.26. The number of H-pyrrole nitrogens is 1. The molecule has 30 heavy (non-hydrogen) atoms. The van der Waals surface area contributed by atoms with Crippen molar-refractivity contribution < 1.29 is 9.59 Å². The Morgan fingerprint density at radius 2 is 2.03 bits per heavy atom. The molecule has 0 spiro atoms. The molecule has 0 atom stereocenters. The summed E-state index contributed by atoms with van der Waals surface area (Å²) in [5.41, 5.74) is 3.64. The SMILES string of the molecule is CNC(=O)c1ccc(N2CCN(Cc3cc4[nH]c(=O)c(C)cn4n3)C(=O)C2)c(C)n1. The number of piperazine rings is 1. The van der Waals surface area contributed by atoms with Crippen molar-refractivity contribution in [3.63, 3.8) is 0 Å². The number of nitrogens with zero attached hydrogens (tertiary/aromatic N) is 5. The lowest BCUT2D eigenvalue weighted by Crippen LogP contribution is -2.50. The molecule has 156 valence electrons. The van der Waals surface area contributed by atoms with Crippen LogP contribution >= 0.6 is 0 Å². The maximum Gasteiger partial charge on any atom is 0.269 e. The Hall–Kier alpha value is -3.69. The Morgan fingerprint density at radius 3 is 2.73 bits per heavy atom. The van der Waals surface area contributed by atoms with Crippen molar-refractivity contribution in [1.82, 2.24) is 29.8 Å². The first-order chi connectivity index (χ1) is 14.4. The molecule has 10 heteroatoms. The van der Waals surface area contributed by atoms with Gasteiger partial charge >= 0.3 is 0 Å². The number of aromatic amines is 1. The van der Waals surface area contributed by atoms with Crippen molar-refractivity contribution in [3.8, 4) is 0 Å². The number of aryl methyl sites for hydroxylation is 2. The van der Waals surface area contributed by atoms with E-state index in [0.29, 0.717) is 47.9 Å². The lowest BCUT2D eigenvalue weighted by molar-refractivity contribution is -0.131. The summed E-state index contributed by atoms with van der Waals surface area (Å²) in [6, 6.07) is 5.28. The molecule has 1 aliphatic rings. The Labute approximate surface area is 172 Å². The van der Waals surface area contributed by atoms with Gasteiger partial charge in [-0.25, -0.2) is 9.50 Å². The van der Waals surface area contributed by atoms with Gasteiger partial charge in [-0.05, 0) is 26.0 Å². The third-order valence-electron chi connectivity index (χ3n) is 5.23. The maximum absolute atomic E-state index is 12.7. The summed E-state index contributed by atoms with van der Waals surface area (Å²) < 4.78 is 1.62. The summed E-state index contributed by atoms with van der Waals surface area (Å²) in [6.07, 6.45) is 1.68. The van der Waals surface area contributed by atoms with Crippen LogP contribution in [0, 0.1) is 13.8 Å². The highest BCUT2D eigenvalue weighted by Crippen LogP contribution is 2.21. The minimum Gasteiger partial charge on any atom is -0.359 e. The van der Waals surface area contributed by atoms with E-state index in [-0.39, 0.29) is 23.9 Å². The monoisotopic (exact) mass is 409 g/mol. The summed E-state index contributed by atoms with van der Waals surface area (Å²) in [4.78, 5) is 47.1. The van der Waals surface area contributed by atoms with E-state index in [0.717, 1.165) is 5.69 Å². The van der Waals surface area contributed by atoms with E-state index >= 15 is 0 Å². The minimum atomic E-state index is -0.241. The highest BCUT2D eigenvalue weighted by atomic mass is 16.2. The van der Waals surface area contributed by atoms with Crippen LogP contribution in [0.25, 0.3) is 5.65 Å². The van der Waals surface area contributed by atoms with E-state index in [1.807, 2.05) is 17.9 Å². The smallest absolute Gasteiger partial charge is 0.269 e. The third kappa shape index (κ3) is 3.63. The van der Waals surface area contributed by atoms with Crippen LogP contribution in [0.5, 0.6) is 0 Å². The van der Waals surface area contributed by atoms with E-state index in [1.54, 1.807) is 41.7 Å². The van der Waals surface area contributed by atoms with Crippen molar-refractivity contribution in [2.75, 3.05) is 31.6 Å². The molecule has 10 nitrogen and oxygen atoms in total. The Morgan fingerprint density at radius 1 is 1.23 bits per heavy atom. The molecule has 2 amide bonds. The van der Waals surface area contributed by atoms with Crippen LogP contribution in [0.15, 0.2) is 29.2 Å². The largest absolute Gasteiger partial charge is 0.359 e. The number of rotatable bonds is 4. The van der Waals surface area contributed by atoms with Gasteiger partial charge in [-0.15, -0.1) is 0 Å². The van der Waals surface area contributed by atoms with E-state index in [2.05, 4.69) is 20.4 Å². The number of hydrogen-bond acceptors (Lipinski definition) is 6. The number of pyridine rings is 1. The quantitative estimate of drug-likeness (QED) is 0.638. The standard InChI is InChI=1S/C20H23N7O3/c1-12-9-27-17(23-19(12)29)8-14(24-27)10-26-7-6-25(11-18(26)28)16-5-4-15(20(30)21-3)22-13(16)2/h4-5,8-9H,6-7,10-11H2,1-3H3,(H,21,30)(H,23,29). The molecule has 3 aromatic rings. The molecular formula is C20H23N7O3. The molecule has 0 saturated carbocycles. The van der Waals surface area contributed by atoms with Gasteiger partial charge in [0.05, 0.1) is 30.2 Å². The van der Waals surface area contributed by atoms with Crippen LogP contribution in [-0.2, 0) is 11.3 Å². The van der Waals surface area contributed by atoms with Crippen LogP contribution in [-0.4, -0.2) is 63.0 Å². The van der Waals surface area contributed by atoms with Crippen LogP contribution in [0.2, 0.25) is 0 Å². The van der Waals surface area contributed by atoms with Crippen molar-refractivity contribution in [3.05, 3.63) is 57.4 Å². The summed E-state index contributed by atoms with van der Waals surface area (Å²) in [5.74, 6) is -0.257. The molecular weight excluding hydrogens is 386 g/mol. The van der Waals surface area contributed by atoms with Gasteiger partial charge in [0.25, 0.3) is 11.5 Å². The van der Waals surface area contributed by atoms with Gasteiger partial charge in [0.1, 0.15) is 11.3 Å². The topological polar surface area (TPSA) is 116 Å².